The van der Waals surface area contributed by atoms with Crippen molar-refractivity contribution in [2.75, 3.05) is 11.9 Å². The SMILES string of the molecule is CC1(C)c2ccccc2-c2ccc(Nc3ccc(B4OCC(C)(C)C(C)(C)O4)cc3)cc21. The van der Waals surface area contributed by atoms with Crippen LogP contribution < -0.4 is 10.8 Å². The average molecular weight is 425 g/mol. The third-order valence-corrected chi connectivity index (χ3v) is 7.68. The molecule has 0 unspecified atom stereocenters. The highest BCUT2D eigenvalue weighted by Gasteiger charge is 2.46. The number of nitrogens with one attached hydrogen (secondary N) is 1. The molecule has 1 N–H and O–H groups in total. The largest absolute Gasteiger partial charge is 0.494 e. The lowest BCUT2D eigenvalue weighted by atomic mass is 9.69. The summed E-state index contributed by atoms with van der Waals surface area (Å²) in [4.78, 5) is 0. The van der Waals surface area contributed by atoms with E-state index < -0.39 is 0 Å². The van der Waals surface area contributed by atoms with E-state index in [0.29, 0.717) is 6.61 Å². The molecule has 1 saturated heterocycles. The van der Waals surface area contributed by atoms with Crippen molar-refractivity contribution in [1.29, 1.82) is 0 Å². The van der Waals surface area contributed by atoms with Crippen LogP contribution in [0, 0.1) is 5.41 Å². The monoisotopic (exact) mass is 425 g/mol. The van der Waals surface area contributed by atoms with Crippen molar-refractivity contribution in [3.8, 4) is 11.1 Å². The van der Waals surface area contributed by atoms with Gasteiger partial charge >= 0.3 is 7.12 Å². The first-order valence-electron chi connectivity index (χ1n) is 11.5. The fourth-order valence-electron chi connectivity index (χ4n) is 4.76. The highest BCUT2D eigenvalue weighted by molar-refractivity contribution is 6.61. The van der Waals surface area contributed by atoms with E-state index in [9.17, 15) is 0 Å². The van der Waals surface area contributed by atoms with Crippen LogP contribution in [-0.4, -0.2) is 19.3 Å². The topological polar surface area (TPSA) is 30.5 Å². The van der Waals surface area contributed by atoms with Gasteiger partial charge in [-0.25, -0.2) is 0 Å². The van der Waals surface area contributed by atoms with Gasteiger partial charge in [-0.05, 0) is 65.8 Å². The second kappa shape index (κ2) is 7.23. The van der Waals surface area contributed by atoms with Crippen molar-refractivity contribution in [3.05, 3.63) is 77.9 Å². The smallest absolute Gasteiger partial charge is 0.407 e. The molecule has 2 aliphatic rings. The van der Waals surface area contributed by atoms with E-state index in [-0.39, 0.29) is 23.5 Å². The molecule has 0 spiro atoms. The van der Waals surface area contributed by atoms with Gasteiger partial charge in [0, 0.05) is 28.8 Å². The van der Waals surface area contributed by atoms with E-state index in [1.54, 1.807) is 0 Å². The van der Waals surface area contributed by atoms with Gasteiger partial charge in [0.1, 0.15) is 0 Å². The Bertz CT molecular complexity index is 1160. The molecule has 0 amide bonds. The van der Waals surface area contributed by atoms with Gasteiger partial charge in [-0.3, -0.25) is 0 Å². The summed E-state index contributed by atoms with van der Waals surface area (Å²) >= 11 is 0. The van der Waals surface area contributed by atoms with E-state index in [2.05, 4.69) is 114 Å². The fraction of sp³-hybridized carbons (Fsp3) is 0.357. The third-order valence-electron chi connectivity index (χ3n) is 7.68. The molecule has 1 fully saturated rings. The van der Waals surface area contributed by atoms with Crippen LogP contribution in [0.3, 0.4) is 0 Å². The zero-order valence-corrected chi connectivity index (χ0v) is 20.0. The van der Waals surface area contributed by atoms with Gasteiger partial charge < -0.3 is 14.6 Å². The summed E-state index contributed by atoms with van der Waals surface area (Å²) in [5, 5.41) is 3.58. The summed E-state index contributed by atoms with van der Waals surface area (Å²) < 4.78 is 12.3. The lowest BCUT2D eigenvalue weighted by molar-refractivity contribution is -0.0937. The summed E-state index contributed by atoms with van der Waals surface area (Å²) in [6, 6.07) is 23.8. The van der Waals surface area contributed by atoms with Crippen molar-refractivity contribution in [1.82, 2.24) is 0 Å². The van der Waals surface area contributed by atoms with Gasteiger partial charge in [0.25, 0.3) is 0 Å². The highest BCUT2D eigenvalue weighted by Crippen LogP contribution is 2.49. The molecule has 3 nitrogen and oxygen atoms in total. The molecule has 4 heteroatoms. The molecule has 1 aliphatic heterocycles. The number of fused-ring (bicyclic) bond motifs is 3. The first-order chi connectivity index (χ1) is 15.1. The van der Waals surface area contributed by atoms with Crippen molar-refractivity contribution < 1.29 is 9.31 Å². The van der Waals surface area contributed by atoms with Gasteiger partial charge in [-0.15, -0.1) is 0 Å². The van der Waals surface area contributed by atoms with Crippen LogP contribution in [0.5, 0.6) is 0 Å². The second-order valence-corrected chi connectivity index (χ2v) is 10.8. The Morgan fingerprint density at radius 2 is 1.41 bits per heavy atom. The molecule has 3 aromatic carbocycles. The predicted octanol–water partition coefficient (Wildman–Crippen LogP) is 6.28. The minimum Gasteiger partial charge on any atom is -0.407 e. The van der Waals surface area contributed by atoms with Crippen LogP contribution in [0.25, 0.3) is 11.1 Å². The number of anilines is 2. The molecule has 1 heterocycles. The van der Waals surface area contributed by atoms with Gasteiger partial charge in [0.15, 0.2) is 0 Å². The highest BCUT2D eigenvalue weighted by atomic mass is 16.6. The molecule has 0 saturated carbocycles. The average Bonchev–Trinajstić information content (AvgIpc) is 2.98. The Labute approximate surface area is 192 Å². The third kappa shape index (κ3) is 3.37. The predicted molar refractivity (Wildman–Crippen MR) is 134 cm³/mol. The quantitative estimate of drug-likeness (QED) is 0.501. The maximum absolute atomic E-state index is 6.29. The maximum Gasteiger partial charge on any atom is 0.494 e. The lowest BCUT2D eigenvalue weighted by Gasteiger charge is -2.47. The van der Waals surface area contributed by atoms with Crippen LogP contribution in [0.1, 0.15) is 52.7 Å². The summed E-state index contributed by atoms with van der Waals surface area (Å²) in [6.45, 7) is 14.0. The Morgan fingerprint density at radius 3 is 2.12 bits per heavy atom. The first kappa shape index (κ1) is 21.3. The van der Waals surface area contributed by atoms with Crippen molar-refractivity contribution >= 4 is 24.0 Å². The van der Waals surface area contributed by atoms with Crippen molar-refractivity contribution in [2.45, 2.75) is 52.6 Å². The molecule has 0 bridgehead atoms. The molecule has 0 aromatic heterocycles. The standard InChI is InChI=1S/C28H32BNO2/c1-26(2)18-31-29(32-28(26,5)6)19-11-13-20(14-12-19)30-21-15-16-23-22-9-7-8-10-24(22)27(3,4)25(23)17-21/h7-17,30H,18H2,1-6H3. The Morgan fingerprint density at radius 1 is 0.750 bits per heavy atom. The normalized spacial score (nSPS) is 19.9. The molecule has 164 valence electrons. The minimum atomic E-state index is -0.327. The molecule has 1 aliphatic carbocycles. The van der Waals surface area contributed by atoms with E-state index in [0.717, 1.165) is 16.8 Å². The summed E-state index contributed by atoms with van der Waals surface area (Å²) in [6.07, 6.45) is 0. The first-order valence-corrected chi connectivity index (χ1v) is 11.5. The molecular formula is C28H32BNO2. The molecule has 3 aromatic rings. The molecular weight excluding hydrogens is 393 g/mol. The van der Waals surface area contributed by atoms with Gasteiger partial charge in [-0.2, -0.15) is 0 Å². The van der Waals surface area contributed by atoms with Crippen LogP contribution in [0.2, 0.25) is 0 Å². The lowest BCUT2D eigenvalue weighted by Crippen LogP contribution is -2.58. The van der Waals surface area contributed by atoms with Crippen LogP contribution in [-0.2, 0) is 14.7 Å². The van der Waals surface area contributed by atoms with E-state index >= 15 is 0 Å². The number of benzene rings is 3. The Hall–Kier alpha value is -2.56. The zero-order chi connectivity index (χ0) is 22.7. The summed E-state index contributed by atoms with van der Waals surface area (Å²) in [5.41, 5.74) is 8.39. The van der Waals surface area contributed by atoms with Gasteiger partial charge in [0.05, 0.1) is 5.60 Å². The van der Waals surface area contributed by atoms with E-state index in [1.165, 1.54) is 22.3 Å². The molecule has 32 heavy (non-hydrogen) atoms. The van der Waals surface area contributed by atoms with Crippen LogP contribution in [0.15, 0.2) is 66.7 Å². The molecule has 5 rings (SSSR count). The summed E-state index contributed by atoms with van der Waals surface area (Å²) in [5.74, 6) is 0. The zero-order valence-electron chi connectivity index (χ0n) is 20.0. The fourth-order valence-corrected chi connectivity index (χ4v) is 4.76. The van der Waals surface area contributed by atoms with E-state index in [4.69, 9.17) is 9.31 Å². The van der Waals surface area contributed by atoms with Crippen molar-refractivity contribution in [2.24, 2.45) is 5.41 Å². The molecule has 0 radical (unpaired) electrons. The molecule has 0 atom stereocenters. The van der Waals surface area contributed by atoms with Gasteiger partial charge in [-0.1, -0.05) is 70.2 Å². The number of hydrogen-bond donors (Lipinski definition) is 1. The van der Waals surface area contributed by atoms with Crippen LogP contribution in [0.4, 0.5) is 11.4 Å². The van der Waals surface area contributed by atoms with E-state index in [1.807, 2.05) is 0 Å². The number of rotatable bonds is 3. The second-order valence-electron chi connectivity index (χ2n) is 10.8. The number of hydrogen-bond acceptors (Lipinski definition) is 3. The minimum absolute atomic E-state index is 0.00368. The van der Waals surface area contributed by atoms with Gasteiger partial charge in [0.2, 0.25) is 0 Å². The Balaban J connectivity index is 1.35. The van der Waals surface area contributed by atoms with Crippen LogP contribution >= 0.6 is 0 Å². The maximum atomic E-state index is 6.29. The summed E-state index contributed by atoms with van der Waals surface area (Å²) in [7, 11) is -0.327. The van der Waals surface area contributed by atoms with Crippen molar-refractivity contribution in [3.63, 3.8) is 0 Å². The Kier molecular flexibility index (Phi) is 4.81.